The molecule has 5 heteroatoms. The fourth-order valence-electron chi connectivity index (χ4n) is 3.77. The predicted octanol–water partition coefficient (Wildman–Crippen LogP) is 3.82. The maximum Gasteiger partial charge on any atom is 0.103 e. The molecule has 0 spiro atoms. The molecule has 120 valence electrons. The maximum atomic E-state index is 11.1. The summed E-state index contributed by atoms with van der Waals surface area (Å²) < 4.78 is 6.92. The lowest BCUT2D eigenvalue weighted by molar-refractivity contribution is 0.00422. The third-order valence-corrected chi connectivity index (χ3v) is 4.88. The molecular weight excluding hydrogens is 288 g/mol. The van der Waals surface area contributed by atoms with Crippen LogP contribution in [-0.2, 0) is 11.3 Å². The number of nitrogens with zero attached hydrogens (tertiary/aromatic N) is 2. The number of rotatable bonds is 7. The van der Waals surface area contributed by atoms with Crippen molar-refractivity contribution in [1.82, 2.24) is 9.78 Å². The van der Waals surface area contributed by atoms with Gasteiger partial charge in [-0.1, -0.05) is 38.3 Å². The predicted molar refractivity (Wildman–Crippen MR) is 84.4 cm³/mol. The number of aliphatic hydroxyl groups is 1. The summed E-state index contributed by atoms with van der Waals surface area (Å²) in [7, 11) is 1.67. The Morgan fingerprint density at radius 1 is 1.43 bits per heavy atom. The minimum absolute atomic E-state index is 0.0529. The van der Waals surface area contributed by atoms with Gasteiger partial charge in [0.15, 0.2) is 0 Å². The topological polar surface area (TPSA) is 47.3 Å². The first-order valence-corrected chi connectivity index (χ1v) is 8.26. The van der Waals surface area contributed by atoms with Crippen molar-refractivity contribution >= 4 is 11.6 Å². The van der Waals surface area contributed by atoms with Crippen molar-refractivity contribution in [3.63, 3.8) is 0 Å². The Hall–Kier alpha value is -0.580. The smallest absolute Gasteiger partial charge is 0.103 e. The van der Waals surface area contributed by atoms with Gasteiger partial charge in [0.2, 0.25) is 0 Å². The summed E-state index contributed by atoms with van der Waals surface area (Å²) in [6.07, 6.45) is 6.62. The van der Waals surface area contributed by atoms with Crippen LogP contribution in [0.4, 0.5) is 0 Å². The van der Waals surface area contributed by atoms with Crippen molar-refractivity contribution in [3.05, 3.63) is 16.9 Å². The van der Waals surface area contributed by atoms with E-state index in [9.17, 15) is 5.11 Å². The molecule has 1 N–H and O–H groups in total. The highest BCUT2D eigenvalue weighted by Crippen LogP contribution is 2.52. The van der Waals surface area contributed by atoms with Gasteiger partial charge in [-0.05, 0) is 25.2 Å². The second-order valence-electron chi connectivity index (χ2n) is 6.66. The quantitative estimate of drug-likeness (QED) is 0.832. The summed E-state index contributed by atoms with van der Waals surface area (Å²) in [5.74, 6) is 0.562. The van der Waals surface area contributed by atoms with Crippen LogP contribution in [0.5, 0.6) is 0 Å². The molecule has 1 aromatic heterocycles. The maximum absolute atomic E-state index is 11.1. The molecule has 2 rings (SSSR count). The van der Waals surface area contributed by atoms with E-state index in [1.54, 1.807) is 18.0 Å². The van der Waals surface area contributed by atoms with Gasteiger partial charge in [0.1, 0.15) is 6.10 Å². The van der Waals surface area contributed by atoms with Crippen LogP contribution in [0.15, 0.2) is 6.20 Å². The van der Waals surface area contributed by atoms with E-state index in [0.717, 1.165) is 25.0 Å². The first kappa shape index (κ1) is 16.8. The molecule has 1 aliphatic rings. The summed E-state index contributed by atoms with van der Waals surface area (Å²) in [5, 5.41) is 15.9. The zero-order valence-corrected chi connectivity index (χ0v) is 14.1. The van der Waals surface area contributed by atoms with E-state index in [2.05, 4.69) is 18.9 Å². The minimum Gasteiger partial charge on any atom is -0.386 e. The Kier molecular flexibility index (Phi) is 5.69. The number of aliphatic hydroxyl groups excluding tert-OH is 1. The lowest BCUT2D eigenvalue weighted by Crippen LogP contribution is -2.30. The standard InChI is InChI=1S/C16H27ClN2O2/c1-12(2)10-16(6-4-5-7-16)15(20)14-13(17)11-18-19(14)8-9-21-3/h11-12,15,20H,4-10H2,1-3H3. The summed E-state index contributed by atoms with van der Waals surface area (Å²) >= 11 is 6.31. The Labute approximate surface area is 132 Å². The molecule has 0 amide bonds. The van der Waals surface area contributed by atoms with Gasteiger partial charge in [0.05, 0.1) is 30.1 Å². The van der Waals surface area contributed by atoms with Crippen molar-refractivity contribution in [1.29, 1.82) is 0 Å². The molecule has 0 radical (unpaired) electrons. The zero-order valence-electron chi connectivity index (χ0n) is 13.3. The molecule has 1 heterocycles. The van der Waals surface area contributed by atoms with Gasteiger partial charge in [-0.25, -0.2) is 0 Å². The molecule has 1 atom stereocenters. The van der Waals surface area contributed by atoms with E-state index >= 15 is 0 Å². The molecule has 4 nitrogen and oxygen atoms in total. The molecule has 0 aromatic carbocycles. The van der Waals surface area contributed by atoms with Crippen LogP contribution in [-0.4, -0.2) is 28.6 Å². The number of halogens is 1. The molecule has 1 fully saturated rings. The van der Waals surface area contributed by atoms with Gasteiger partial charge < -0.3 is 9.84 Å². The van der Waals surface area contributed by atoms with Crippen molar-refractivity contribution in [2.24, 2.45) is 11.3 Å². The molecule has 1 aliphatic carbocycles. The van der Waals surface area contributed by atoms with E-state index in [0.29, 0.717) is 24.1 Å². The molecule has 1 saturated carbocycles. The van der Waals surface area contributed by atoms with Crippen LogP contribution >= 0.6 is 11.6 Å². The Balaban J connectivity index is 2.28. The van der Waals surface area contributed by atoms with Crippen molar-refractivity contribution in [3.8, 4) is 0 Å². The van der Waals surface area contributed by atoms with Crippen LogP contribution in [0.2, 0.25) is 5.02 Å². The summed E-state index contributed by atoms with van der Waals surface area (Å²) in [5.41, 5.74) is 0.708. The number of methoxy groups -OCH3 is 1. The van der Waals surface area contributed by atoms with Crippen molar-refractivity contribution < 1.29 is 9.84 Å². The highest BCUT2D eigenvalue weighted by molar-refractivity contribution is 6.31. The van der Waals surface area contributed by atoms with Crippen molar-refractivity contribution in [2.75, 3.05) is 13.7 Å². The van der Waals surface area contributed by atoms with Crippen molar-refractivity contribution in [2.45, 2.75) is 58.6 Å². The molecule has 21 heavy (non-hydrogen) atoms. The molecule has 0 saturated heterocycles. The van der Waals surface area contributed by atoms with E-state index in [1.807, 2.05) is 0 Å². The SMILES string of the molecule is COCCn1ncc(Cl)c1C(O)C1(CC(C)C)CCCC1. The highest BCUT2D eigenvalue weighted by Gasteiger charge is 2.43. The first-order chi connectivity index (χ1) is 10.00. The fourth-order valence-corrected chi connectivity index (χ4v) is 4.02. The number of hydrogen-bond acceptors (Lipinski definition) is 3. The Morgan fingerprint density at radius 3 is 2.67 bits per heavy atom. The average molecular weight is 315 g/mol. The van der Waals surface area contributed by atoms with Gasteiger partial charge in [-0.2, -0.15) is 5.10 Å². The Morgan fingerprint density at radius 2 is 2.10 bits per heavy atom. The van der Waals surface area contributed by atoms with Crippen LogP contribution in [0.3, 0.4) is 0 Å². The first-order valence-electron chi connectivity index (χ1n) is 7.88. The van der Waals surface area contributed by atoms with E-state index < -0.39 is 6.10 Å². The molecule has 0 aliphatic heterocycles. The molecular formula is C16H27ClN2O2. The normalized spacial score (nSPS) is 19.3. The molecule has 1 unspecified atom stereocenters. The van der Waals surface area contributed by atoms with Gasteiger partial charge in [0.25, 0.3) is 0 Å². The Bertz CT molecular complexity index is 453. The summed E-state index contributed by atoms with van der Waals surface area (Å²) in [6, 6.07) is 0. The minimum atomic E-state index is -0.547. The summed E-state index contributed by atoms with van der Waals surface area (Å²) in [4.78, 5) is 0. The fraction of sp³-hybridized carbons (Fsp3) is 0.812. The van der Waals surface area contributed by atoms with Crippen LogP contribution in [0.1, 0.15) is 57.7 Å². The van der Waals surface area contributed by atoms with E-state index in [4.69, 9.17) is 16.3 Å². The summed E-state index contributed by atoms with van der Waals surface area (Å²) in [6.45, 7) is 5.62. The number of ether oxygens (including phenoxy) is 1. The number of aromatic nitrogens is 2. The highest BCUT2D eigenvalue weighted by atomic mass is 35.5. The second-order valence-corrected chi connectivity index (χ2v) is 7.07. The average Bonchev–Trinajstić information content (AvgIpc) is 3.03. The largest absolute Gasteiger partial charge is 0.386 e. The van der Waals surface area contributed by atoms with Crippen LogP contribution < -0.4 is 0 Å². The molecule has 1 aromatic rings. The van der Waals surface area contributed by atoms with Gasteiger partial charge >= 0.3 is 0 Å². The van der Waals surface area contributed by atoms with Gasteiger partial charge in [-0.3, -0.25) is 4.68 Å². The lowest BCUT2D eigenvalue weighted by Gasteiger charge is -2.36. The van der Waals surface area contributed by atoms with E-state index in [1.165, 1.54) is 12.8 Å². The number of hydrogen-bond donors (Lipinski definition) is 1. The second kappa shape index (κ2) is 7.12. The van der Waals surface area contributed by atoms with Gasteiger partial charge in [-0.15, -0.1) is 0 Å². The third kappa shape index (κ3) is 3.61. The van der Waals surface area contributed by atoms with Gasteiger partial charge in [0, 0.05) is 12.5 Å². The third-order valence-electron chi connectivity index (χ3n) is 4.59. The van der Waals surface area contributed by atoms with Crippen LogP contribution in [0, 0.1) is 11.3 Å². The molecule has 0 bridgehead atoms. The van der Waals surface area contributed by atoms with E-state index in [-0.39, 0.29) is 5.41 Å². The lowest BCUT2D eigenvalue weighted by atomic mass is 9.73. The van der Waals surface area contributed by atoms with Crippen LogP contribution in [0.25, 0.3) is 0 Å². The zero-order chi connectivity index (χ0) is 15.5. The monoisotopic (exact) mass is 314 g/mol.